The van der Waals surface area contributed by atoms with Crippen molar-refractivity contribution in [3.63, 3.8) is 0 Å². The number of fused-ring (bicyclic) bond motifs is 1. The molecule has 0 atom stereocenters. The maximum atomic E-state index is 5.93. The highest BCUT2D eigenvalue weighted by atomic mass is 32.1. The number of hydrogen-bond acceptors (Lipinski definition) is 5. The third-order valence-corrected chi connectivity index (χ3v) is 5.10. The standard InChI is InChI=1S/C21H20N2O2S/c1-24-19-10-4-2-7-16(19)13-23(14-17-8-6-12-26-17)15-21-22-18-9-3-5-11-20(18)25-21/h2-12H,13-15H2,1H3. The Hall–Kier alpha value is -2.63. The molecule has 5 heteroatoms. The van der Waals surface area contributed by atoms with E-state index in [4.69, 9.17) is 9.15 Å². The van der Waals surface area contributed by atoms with Crippen LogP contribution in [0.1, 0.15) is 16.3 Å². The molecule has 0 fully saturated rings. The highest BCUT2D eigenvalue weighted by Crippen LogP contribution is 2.23. The molecule has 0 amide bonds. The van der Waals surface area contributed by atoms with Gasteiger partial charge in [-0.05, 0) is 29.6 Å². The van der Waals surface area contributed by atoms with Gasteiger partial charge < -0.3 is 9.15 Å². The molecule has 2 aromatic carbocycles. The Balaban J connectivity index is 1.59. The summed E-state index contributed by atoms with van der Waals surface area (Å²) in [5.74, 6) is 1.64. The first-order valence-corrected chi connectivity index (χ1v) is 9.41. The van der Waals surface area contributed by atoms with Gasteiger partial charge in [0.15, 0.2) is 5.58 Å². The molecule has 26 heavy (non-hydrogen) atoms. The summed E-state index contributed by atoms with van der Waals surface area (Å²) in [6.07, 6.45) is 0. The number of rotatable bonds is 7. The molecule has 0 aliphatic heterocycles. The molecule has 4 rings (SSSR count). The molecule has 4 nitrogen and oxygen atoms in total. The van der Waals surface area contributed by atoms with E-state index in [0.717, 1.165) is 41.4 Å². The predicted molar refractivity (Wildman–Crippen MR) is 104 cm³/mol. The summed E-state index contributed by atoms with van der Waals surface area (Å²) in [6.45, 7) is 2.25. The Labute approximate surface area is 156 Å². The molecule has 0 saturated heterocycles. The second kappa shape index (κ2) is 7.72. The fourth-order valence-electron chi connectivity index (χ4n) is 3.04. The van der Waals surface area contributed by atoms with Crippen LogP contribution in [0, 0.1) is 0 Å². The maximum Gasteiger partial charge on any atom is 0.209 e. The van der Waals surface area contributed by atoms with Crippen LogP contribution >= 0.6 is 11.3 Å². The summed E-state index contributed by atoms with van der Waals surface area (Å²) in [5.41, 5.74) is 2.88. The van der Waals surface area contributed by atoms with Gasteiger partial charge in [-0.1, -0.05) is 36.4 Å². The molecule has 4 aromatic rings. The molecule has 0 N–H and O–H groups in total. The zero-order valence-electron chi connectivity index (χ0n) is 14.6. The summed E-state index contributed by atoms with van der Waals surface area (Å²) >= 11 is 1.76. The Morgan fingerprint density at radius 3 is 2.62 bits per heavy atom. The van der Waals surface area contributed by atoms with E-state index >= 15 is 0 Å². The van der Waals surface area contributed by atoms with Crippen molar-refractivity contribution in [3.8, 4) is 5.75 Å². The van der Waals surface area contributed by atoms with Gasteiger partial charge in [-0.15, -0.1) is 11.3 Å². The second-order valence-corrected chi connectivity index (χ2v) is 7.14. The van der Waals surface area contributed by atoms with E-state index in [9.17, 15) is 0 Å². The molecule has 0 spiro atoms. The smallest absolute Gasteiger partial charge is 0.209 e. The minimum Gasteiger partial charge on any atom is -0.496 e. The van der Waals surface area contributed by atoms with E-state index in [1.165, 1.54) is 4.88 Å². The summed E-state index contributed by atoms with van der Waals surface area (Å²) in [4.78, 5) is 8.27. The van der Waals surface area contributed by atoms with Crippen LogP contribution < -0.4 is 4.74 Å². The number of hydrogen-bond donors (Lipinski definition) is 0. The monoisotopic (exact) mass is 364 g/mol. The Morgan fingerprint density at radius 1 is 0.962 bits per heavy atom. The molecule has 0 bridgehead atoms. The van der Waals surface area contributed by atoms with Crippen LogP contribution in [0.3, 0.4) is 0 Å². The van der Waals surface area contributed by atoms with E-state index in [2.05, 4.69) is 33.5 Å². The summed E-state index contributed by atoms with van der Waals surface area (Å²) in [5, 5.41) is 2.11. The van der Waals surface area contributed by atoms with E-state index in [1.54, 1.807) is 18.4 Å². The summed E-state index contributed by atoms with van der Waals surface area (Å²) < 4.78 is 11.4. The minimum atomic E-state index is 0.643. The Morgan fingerprint density at radius 2 is 1.81 bits per heavy atom. The zero-order chi connectivity index (χ0) is 17.8. The lowest BCUT2D eigenvalue weighted by Crippen LogP contribution is -2.22. The molecule has 0 aliphatic rings. The lowest BCUT2D eigenvalue weighted by atomic mass is 10.2. The number of para-hydroxylation sites is 3. The molecule has 0 saturated carbocycles. The number of methoxy groups -OCH3 is 1. The summed E-state index contributed by atoms with van der Waals surface area (Å²) in [6, 6.07) is 20.3. The average molecular weight is 364 g/mol. The van der Waals surface area contributed by atoms with Crippen molar-refractivity contribution in [2.24, 2.45) is 0 Å². The molecule has 0 unspecified atom stereocenters. The van der Waals surface area contributed by atoms with E-state index in [0.29, 0.717) is 6.54 Å². The van der Waals surface area contributed by atoms with Gasteiger partial charge in [0.1, 0.15) is 11.3 Å². The van der Waals surface area contributed by atoms with Crippen molar-refractivity contribution in [1.29, 1.82) is 0 Å². The molecule has 132 valence electrons. The lowest BCUT2D eigenvalue weighted by Gasteiger charge is -2.21. The first kappa shape index (κ1) is 16.8. The van der Waals surface area contributed by atoms with Gasteiger partial charge in [0.2, 0.25) is 5.89 Å². The SMILES string of the molecule is COc1ccccc1CN(Cc1nc2ccccc2o1)Cc1cccs1. The highest BCUT2D eigenvalue weighted by Gasteiger charge is 2.15. The van der Waals surface area contributed by atoms with Crippen LogP contribution in [-0.4, -0.2) is 17.0 Å². The fraction of sp³-hybridized carbons (Fsp3) is 0.190. The number of ether oxygens (including phenoxy) is 1. The quantitative estimate of drug-likeness (QED) is 0.457. The summed E-state index contributed by atoms with van der Waals surface area (Å²) in [7, 11) is 1.71. The Bertz CT molecular complexity index is 946. The first-order valence-electron chi connectivity index (χ1n) is 8.53. The van der Waals surface area contributed by atoms with Gasteiger partial charge in [0.05, 0.1) is 13.7 Å². The third kappa shape index (κ3) is 3.79. The fourth-order valence-corrected chi connectivity index (χ4v) is 3.79. The van der Waals surface area contributed by atoms with Gasteiger partial charge in [-0.25, -0.2) is 4.98 Å². The van der Waals surface area contributed by atoms with Crippen molar-refractivity contribution < 1.29 is 9.15 Å². The van der Waals surface area contributed by atoms with E-state index < -0.39 is 0 Å². The minimum absolute atomic E-state index is 0.643. The molecule has 2 heterocycles. The third-order valence-electron chi connectivity index (χ3n) is 4.24. The molecule has 2 aromatic heterocycles. The number of thiophene rings is 1. The number of oxazole rings is 1. The van der Waals surface area contributed by atoms with Crippen LogP contribution in [0.25, 0.3) is 11.1 Å². The van der Waals surface area contributed by atoms with Crippen LogP contribution in [0.4, 0.5) is 0 Å². The number of aromatic nitrogens is 1. The van der Waals surface area contributed by atoms with Gasteiger partial charge in [-0.3, -0.25) is 4.90 Å². The van der Waals surface area contributed by atoms with Gasteiger partial charge in [0.25, 0.3) is 0 Å². The van der Waals surface area contributed by atoms with Crippen molar-refractivity contribution in [3.05, 3.63) is 82.4 Å². The average Bonchev–Trinajstić information content (AvgIpc) is 3.31. The lowest BCUT2D eigenvalue weighted by molar-refractivity contribution is 0.223. The number of nitrogens with zero attached hydrogens (tertiary/aromatic N) is 2. The highest BCUT2D eigenvalue weighted by molar-refractivity contribution is 7.09. The van der Waals surface area contributed by atoms with Crippen molar-refractivity contribution in [2.75, 3.05) is 7.11 Å². The molecule has 0 radical (unpaired) electrons. The molecule has 0 aliphatic carbocycles. The Kier molecular flexibility index (Phi) is 5.00. The van der Waals surface area contributed by atoms with Crippen molar-refractivity contribution in [1.82, 2.24) is 9.88 Å². The van der Waals surface area contributed by atoms with Crippen LogP contribution in [0.2, 0.25) is 0 Å². The first-order chi connectivity index (χ1) is 12.8. The maximum absolute atomic E-state index is 5.93. The van der Waals surface area contributed by atoms with Gasteiger partial charge in [0, 0.05) is 23.5 Å². The molecular weight excluding hydrogens is 344 g/mol. The van der Waals surface area contributed by atoms with Crippen LogP contribution in [-0.2, 0) is 19.6 Å². The predicted octanol–water partition coefficient (Wildman–Crippen LogP) is 5.10. The van der Waals surface area contributed by atoms with Crippen LogP contribution in [0.5, 0.6) is 5.75 Å². The topological polar surface area (TPSA) is 38.5 Å². The van der Waals surface area contributed by atoms with E-state index in [-0.39, 0.29) is 0 Å². The second-order valence-electron chi connectivity index (χ2n) is 6.11. The largest absolute Gasteiger partial charge is 0.496 e. The normalized spacial score (nSPS) is 11.3. The van der Waals surface area contributed by atoms with E-state index in [1.807, 2.05) is 42.5 Å². The van der Waals surface area contributed by atoms with Crippen molar-refractivity contribution in [2.45, 2.75) is 19.6 Å². The number of benzene rings is 2. The zero-order valence-corrected chi connectivity index (χ0v) is 15.4. The van der Waals surface area contributed by atoms with Crippen LogP contribution in [0.15, 0.2) is 70.5 Å². The van der Waals surface area contributed by atoms with Crippen molar-refractivity contribution >= 4 is 22.4 Å². The molecular formula is C21H20N2O2S. The van der Waals surface area contributed by atoms with Gasteiger partial charge >= 0.3 is 0 Å². The van der Waals surface area contributed by atoms with Gasteiger partial charge in [-0.2, -0.15) is 0 Å².